The summed E-state index contributed by atoms with van der Waals surface area (Å²) < 4.78 is 19.0. The number of alkyl halides is 1. The Labute approximate surface area is 108 Å². The molecule has 0 fully saturated rings. The summed E-state index contributed by atoms with van der Waals surface area (Å²) >= 11 is 6.03. The molecule has 3 heteroatoms. The third-order valence-electron chi connectivity index (χ3n) is 3.56. The van der Waals surface area contributed by atoms with Crippen LogP contribution in [0.25, 0.3) is 0 Å². The lowest BCUT2D eigenvalue weighted by atomic mass is 9.76. The zero-order valence-corrected chi connectivity index (χ0v) is 11.6. The van der Waals surface area contributed by atoms with E-state index in [1.165, 1.54) is 7.11 Å². The highest BCUT2D eigenvalue weighted by molar-refractivity contribution is 6.18. The summed E-state index contributed by atoms with van der Waals surface area (Å²) in [5.74, 6) is 0.933. The Balaban J connectivity index is 3.02. The molecule has 17 heavy (non-hydrogen) atoms. The Kier molecular flexibility index (Phi) is 4.81. The minimum atomic E-state index is -0.271. The Morgan fingerprint density at radius 3 is 2.53 bits per heavy atom. The lowest BCUT2D eigenvalue weighted by Crippen LogP contribution is -2.28. The predicted octanol–water partition coefficient (Wildman–Crippen LogP) is 4.28. The topological polar surface area (TPSA) is 9.23 Å². The van der Waals surface area contributed by atoms with Crippen LogP contribution in [0, 0.1) is 17.2 Å². The number of benzene rings is 1. The van der Waals surface area contributed by atoms with E-state index in [2.05, 4.69) is 20.8 Å². The molecule has 1 atom stereocenters. The molecule has 0 bridgehead atoms. The van der Waals surface area contributed by atoms with Crippen molar-refractivity contribution in [2.75, 3.05) is 13.0 Å². The summed E-state index contributed by atoms with van der Waals surface area (Å²) in [6.45, 7) is 6.31. The van der Waals surface area contributed by atoms with Gasteiger partial charge in [0.2, 0.25) is 0 Å². The van der Waals surface area contributed by atoms with Gasteiger partial charge in [-0.2, -0.15) is 0 Å². The van der Waals surface area contributed by atoms with E-state index >= 15 is 0 Å². The second-order valence-corrected chi connectivity index (χ2v) is 5.32. The minimum Gasteiger partial charge on any atom is -0.494 e. The van der Waals surface area contributed by atoms with E-state index < -0.39 is 0 Å². The summed E-state index contributed by atoms with van der Waals surface area (Å²) in [6.07, 6.45) is 0.622. The van der Waals surface area contributed by atoms with Crippen LogP contribution in [0.5, 0.6) is 5.75 Å². The van der Waals surface area contributed by atoms with Crippen molar-refractivity contribution >= 4 is 11.6 Å². The number of methoxy groups -OCH3 is 1. The summed E-state index contributed by atoms with van der Waals surface area (Å²) in [4.78, 5) is 0. The average molecular weight is 259 g/mol. The second-order valence-electron chi connectivity index (χ2n) is 5.05. The van der Waals surface area contributed by atoms with Gasteiger partial charge < -0.3 is 4.74 Å². The molecule has 0 N–H and O–H groups in total. The standard InChI is InChI=1S/C14H20ClFO/c1-10(2)14(3,9-15)8-11-6-5-7-12(17-4)13(11)16/h5-7,10H,8-9H2,1-4H3. The molecule has 0 aliphatic rings. The lowest BCUT2D eigenvalue weighted by molar-refractivity contribution is 0.249. The van der Waals surface area contributed by atoms with Crippen LogP contribution in [0.1, 0.15) is 26.3 Å². The molecular weight excluding hydrogens is 239 g/mol. The largest absolute Gasteiger partial charge is 0.494 e. The summed E-state index contributed by atoms with van der Waals surface area (Å²) in [6, 6.07) is 5.24. The van der Waals surface area contributed by atoms with Gasteiger partial charge in [-0.05, 0) is 29.4 Å². The zero-order chi connectivity index (χ0) is 13.1. The Morgan fingerprint density at radius 2 is 2.06 bits per heavy atom. The summed E-state index contributed by atoms with van der Waals surface area (Å²) in [5.41, 5.74) is 0.565. The van der Waals surface area contributed by atoms with Crippen molar-refractivity contribution < 1.29 is 9.13 Å². The van der Waals surface area contributed by atoms with Crippen molar-refractivity contribution in [2.24, 2.45) is 11.3 Å². The first-order chi connectivity index (χ1) is 7.94. The van der Waals surface area contributed by atoms with Gasteiger partial charge in [0.25, 0.3) is 0 Å². The second kappa shape index (κ2) is 5.72. The van der Waals surface area contributed by atoms with E-state index in [1.54, 1.807) is 12.1 Å². The third-order valence-corrected chi connectivity index (χ3v) is 4.17. The van der Waals surface area contributed by atoms with Crippen LogP contribution in [-0.4, -0.2) is 13.0 Å². The van der Waals surface area contributed by atoms with Crippen LogP contribution in [0.4, 0.5) is 4.39 Å². The zero-order valence-electron chi connectivity index (χ0n) is 10.9. The molecule has 0 heterocycles. The van der Waals surface area contributed by atoms with Gasteiger partial charge in [0.1, 0.15) is 0 Å². The first kappa shape index (κ1) is 14.3. The van der Waals surface area contributed by atoms with Gasteiger partial charge in [-0.15, -0.1) is 11.6 Å². The summed E-state index contributed by atoms with van der Waals surface area (Å²) in [7, 11) is 1.48. The van der Waals surface area contributed by atoms with E-state index in [-0.39, 0.29) is 11.2 Å². The Hall–Kier alpha value is -0.760. The van der Waals surface area contributed by atoms with E-state index in [4.69, 9.17) is 16.3 Å². The maximum absolute atomic E-state index is 14.0. The van der Waals surface area contributed by atoms with E-state index in [0.29, 0.717) is 29.5 Å². The van der Waals surface area contributed by atoms with E-state index in [9.17, 15) is 4.39 Å². The quantitative estimate of drug-likeness (QED) is 0.717. The van der Waals surface area contributed by atoms with Gasteiger partial charge in [-0.1, -0.05) is 32.9 Å². The van der Waals surface area contributed by atoms with Crippen molar-refractivity contribution in [1.82, 2.24) is 0 Å². The molecule has 0 aliphatic carbocycles. The molecule has 1 aromatic carbocycles. The van der Waals surface area contributed by atoms with Crippen LogP contribution >= 0.6 is 11.6 Å². The Morgan fingerprint density at radius 1 is 1.41 bits per heavy atom. The molecule has 1 unspecified atom stereocenters. The SMILES string of the molecule is COc1cccc(CC(C)(CCl)C(C)C)c1F. The van der Waals surface area contributed by atoms with Crippen LogP contribution < -0.4 is 4.74 Å². The van der Waals surface area contributed by atoms with E-state index in [0.717, 1.165) is 0 Å². The molecule has 0 radical (unpaired) electrons. The fourth-order valence-electron chi connectivity index (χ4n) is 1.69. The number of rotatable bonds is 5. The molecule has 0 aromatic heterocycles. The van der Waals surface area contributed by atoms with Crippen molar-refractivity contribution in [3.8, 4) is 5.75 Å². The molecule has 0 aliphatic heterocycles. The molecule has 1 nitrogen and oxygen atoms in total. The van der Waals surface area contributed by atoms with Gasteiger partial charge in [-0.25, -0.2) is 4.39 Å². The molecular formula is C14H20ClFO. The van der Waals surface area contributed by atoms with Crippen molar-refractivity contribution in [2.45, 2.75) is 27.2 Å². The van der Waals surface area contributed by atoms with Gasteiger partial charge in [0.15, 0.2) is 11.6 Å². The van der Waals surface area contributed by atoms with Crippen molar-refractivity contribution in [3.05, 3.63) is 29.6 Å². The van der Waals surface area contributed by atoms with E-state index in [1.807, 2.05) is 6.07 Å². The maximum Gasteiger partial charge on any atom is 0.168 e. The molecule has 0 saturated carbocycles. The van der Waals surface area contributed by atoms with Crippen molar-refractivity contribution in [1.29, 1.82) is 0 Å². The van der Waals surface area contributed by atoms with Gasteiger partial charge >= 0.3 is 0 Å². The van der Waals surface area contributed by atoms with Gasteiger partial charge in [-0.3, -0.25) is 0 Å². The summed E-state index contributed by atoms with van der Waals surface area (Å²) in [5, 5.41) is 0. The highest BCUT2D eigenvalue weighted by Crippen LogP contribution is 2.34. The molecule has 1 aromatic rings. The lowest BCUT2D eigenvalue weighted by Gasteiger charge is -2.32. The average Bonchev–Trinajstić information content (AvgIpc) is 2.31. The fraction of sp³-hybridized carbons (Fsp3) is 0.571. The minimum absolute atomic E-state index is 0.102. The molecule has 1 rings (SSSR count). The monoisotopic (exact) mass is 258 g/mol. The number of hydrogen-bond donors (Lipinski definition) is 0. The maximum atomic E-state index is 14.0. The number of ether oxygens (including phenoxy) is 1. The van der Waals surface area contributed by atoms with Crippen molar-refractivity contribution in [3.63, 3.8) is 0 Å². The highest BCUT2D eigenvalue weighted by atomic mass is 35.5. The molecule has 0 saturated heterocycles. The predicted molar refractivity (Wildman–Crippen MR) is 70.3 cm³/mol. The van der Waals surface area contributed by atoms with Gasteiger partial charge in [0.05, 0.1) is 7.11 Å². The number of halogens is 2. The first-order valence-electron chi connectivity index (χ1n) is 5.82. The molecule has 0 amide bonds. The fourth-order valence-corrected chi connectivity index (χ4v) is 2.09. The third kappa shape index (κ3) is 3.12. The smallest absolute Gasteiger partial charge is 0.168 e. The van der Waals surface area contributed by atoms with Crippen LogP contribution in [0.2, 0.25) is 0 Å². The van der Waals surface area contributed by atoms with Crippen LogP contribution in [0.3, 0.4) is 0 Å². The number of hydrogen-bond acceptors (Lipinski definition) is 1. The molecule has 96 valence electrons. The van der Waals surface area contributed by atoms with Crippen LogP contribution in [-0.2, 0) is 6.42 Å². The first-order valence-corrected chi connectivity index (χ1v) is 6.35. The highest BCUT2D eigenvalue weighted by Gasteiger charge is 2.29. The normalized spacial score (nSPS) is 14.8. The van der Waals surface area contributed by atoms with Gasteiger partial charge in [0, 0.05) is 5.88 Å². The Bertz CT molecular complexity index is 378. The molecule has 0 spiro atoms. The van der Waals surface area contributed by atoms with Crippen LogP contribution in [0.15, 0.2) is 18.2 Å².